The van der Waals surface area contributed by atoms with Crippen molar-refractivity contribution in [1.82, 2.24) is 5.32 Å². The normalized spacial score (nSPS) is 15.0. The molecule has 6 N–H and O–H groups in total. The molecule has 0 aliphatic rings. The molecule has 2 atom stereocenters. The number of aliphatic imine (C=N–C) groups is 1. The van der Waals surface area contributed by atoms with Gasteiger partial charge in [0.05, 0.1) is 12.3 Å². The Kier molecular flexibility index (Phi) is 8.67. The Morgan fingerprint density at radius 2 is 2.21 bits per heavy atom. The predicted octanol–water partition coefficient (Wildman–Crippen LogP) is 3.15. The van der Waals surface area contributed by atoms with Crippen LogP contribution in [0.5, 0.6) is 0 Å². The van der Waals surface area contributed by atoms with E-state index in [2.05, 4.69) is 38.1 Å². The van der Waals surface area contributed by atoms with E-state index in [4.69, 9.17) is 11.5 Å². The van der Waals surface area contributed by atoms with Crippen LogP contribution < -0.4 is 22.1 Å². The minimum Gasteiger partial charge on any atom is -0.404 e. The molecule has 0 amide bonds. The van der Waals surface area contributed by atoms with Gasteiger partial charge in [-0.05, 0) is 59.7 Å². The lowest BCUT2D eigenvalue weighted by Crippen LogP contribution is -2.46. The van der Waals surface area contributed by atoms with Crippen molar-refractivity contribution < 1.29 is 4.39 Å². The predicted molar refractivity (Wildman–Crippen MR) is 104 cm³/mol. The minimum atomic E-state index is -0.312. The molecule has 1 aromatic carbocycles. The zero-order valence-electron chi connectivity index (χ0n) is 14.0. The quantitative estimate of drug-likeness (QED) is 0.380. The molecule has 2 unspecified atom stereocenters. The Bertz CT molecular complexity index is 613. The first-order chi connectivity index (χ1) is 11.4. The van der Waals surface area contributed by atoms with Gasteiger partial charge >= 0.3 is 0 Å². The summed E-state index contributed by atoms with van der Waals surface area (Å²) in [7, 11) is 0. The lowest BCUT2D eigenvalue weighted by atomic mass is 10.1. The lowest BCUT2D eigenvalue weighted by Gasteiger charge is -2.25. The fourth-order valence-electron chi connectivity index (χ4n) is 2.17. The van der Waals surface area contributed by atoms with Crippen molar-refractivity contribution in [2.45, 2.75) is 32.6 Å². The standard InChI is InChI=1S/C17H25BrFN5/c1-4-12-8-14(19)6-7-15(12)24-16(23-11(3)21)9-13(10-20)17(18)22-5-2/h4,6-8,10-11,16,23-24H,1,5,9,20-21H2,2-3H3. The molecular formula is C17H25BrFN5. The van der Waals surface area contributed by atoms with E-state index in [9.17, 15) is 4.39 Å². The van der Waals surface area contributed by atoms with E-state index < -0.39 is 0 Å². The highest BCUT2D eigenvalue weighted by molar-refractivity contribution is 9.18. The maximum atomic E-state index is 13.4. The van der Waals surface area contributed by atoms with E-state index in [0.29, 0.717) is 23.1 Å². The van der Waals surface area contributed by atoms with Gasteiger partial charge in [0.2, 0.25) is 0 Å². The summed E-state index contributed by atoms with van der Waals surface area (Å²) in [5, 5.41) is 6.54. The molecule has 0 saturated heterocycles. The number of hydrogen-bond donors (Lipinski definition) is 4. The van der Waals surface area contributed by atoms with Gasteiger partial charge < -0.3 is 16.8 Å². The smallest absolute Gasteiger partial charge is 0.123 e. The van der Waals surface area contributed by atoms with Crippen LogP contribution in [0.15, 0.2) is 41.5 Å². The number of hydrogen-bond acceptors (Lipinski definition) is 5. The molecule has 0 aliphatic heterocycles. The second kappa shape index (κ2) is 10.2. The van der Waals surface area contributed by atoms with Crippen LogP contribution in [0.2, 0.25) is 0 Å². The number of nitrogens with one attached hydrogen (secondary N) is 2. The average Bonchev–Trinajstić information content (AvgIpc) is 2.53. The van der Waals surface area contributed by atoms with E-state index >= 15 is 0 Å². The molecule has 0 spiro atoms. The van der Waals surface area contributed by atoms with Gasteiger partial charge in [-0.2, -0.15) is 0 Å². The first kappa shape index (κ1) is 20.3. The van der Waals surface area contributed by atoms with E-state index in [1.807, 2.05) is 13.8 Å². The second-order valence-electron chi connectivity index (χ2n) is 5.25. The van der Waals surface area contributed by atoms with Gasteiger partial charge in [0.1, 0.15) is 10.4 Å². The first-order valence-corrected chi connectivity index (χ1v) is 8.51. The maximum Gasteiger partial charge on any atom is 0.123 e. The van der Waals surface area contributed by atoms with Gasteiger partial charge in [0, 0.05) is 24.2 Å². The number of anilines is 1. The van der Waals surface area contributed by atoms with Crippen molar-refractivity contribution in [2.24, 2.45) is 16.5 Å². The zero-order valence-corrected chi connectivity index (χ0v) is 15.6. The van der Waals surface area contributed by atoms with Crippen LogP contribution in [0.25, 0.3) is 6.08 Å². The number of benzene rings is 1. The van der Waals surface area contributed by atoms with Gasteiger partial charge in [-0.25, -0.2) is 4.39 Å². The van der Waals surface area contributed by atoms with Gasteiger partial charge in [0.25, 0.3) is 0 Å². The molecule has 0 aliphatic carbocycles. The summed E-state index contributed by atoms with van der Waals surface area (Å²) in [6, 6.07) is 4.49. The molecule has 0 fully saturated rings. The molecule has 5 nitrogen and oxygen atoms in total. The summed E-state index contributed by atoms with van der Waals surface area (Å²) in [6.07, 6.45) is 3.19. The molecule has 0 aromatic heterocycles. The Morgan fingerprint density at radius 3 is 2.75 bits per heavy atom. The fourth-order valence-corrected chi connectivity index (χ4v) is 2.72. The minimum absolute atomic E-state index is 0.219. The van der Waals surface area contributed by atoms with Crippen LogP contribution in [0.4, 0.5) is 10.1 Å². The van der Waals surface area contributed by atoms with Crippen LogP contribution in [0.3, 0.4) is 0 Å². The van der Waals surface area contributed by atoms with Crippen LogP contribution >= 0.6 is 15.9 Å². The Hall–Kier alpha value is -1.70. The summed E-state index contributed by atoms with van der Waals surface area (Å²) in [5.74, 6) is -0.312. The molecular weight excluding hydrogens is 373 g/mol. The molecule has 0 radical (unpaired) electrons. The van der Waals surface area contributed by atoms with E-state index in [0.717, 1.165) is 11.3 Å². The molecule has 0 bridgehead atoms. The third-order valence-electron chi connectivity index (χ3n) is 3.21. The highest BCUT2D eigenvalue weighted by Gasteiger charge is 2.16. The third-order valence-corrected chi connectivity index (χ3v) is 3.97. The highest BCUT2D eigenvalue weighted by Crippen LogP contribution is 2.21. The summed E-state index contributed by atoms with van der Waals surface area (Å²) in [4.78, 5) is 4.31. The van der Waals surface area contributed by atoms with Crippen LogP contribution in [-0.2, 0) is 0 Å². The molecule has 0 heterocycles. The highest BCUT2D eigenvalue weighted by atomic mass is 79.9. The summed E-state index contributed by atoms with van der Waals surface area (Å²) >= 11 is 3.43. The topological polar surface area (TPSA) is 88.5 Å². The van der Waals surface area contributed by atoms with E-state index in [1.165, 1.54) is 18.3 Å². The Labute approximate surface area is 151 Å². The van der Waals surface area contributed by atoms with Crippen molar-refractivity contribution in [3.8, 4) is 0 Å². The van der Waals surface area contributed by atoms with Crippen molar-refractivity contribution in [3.05, 3.63) is 47.9 Å². The summed E-state index contributed by atoms with van der Waals surface area (Å²) in [5.41, 5.74) is 13.9. The maximum absolute atomic E-state index is 13.4. The molecule has 1 rings (SSSR count). The van der Waals surface area contributed by atoms with Gasteiger partial charge in [0.15, 0.2) is 0 Å². The van der Waals surface area contributed by atoms with Crippen molar-refractivity contribution in [1.29, 1.82) is 0 Å². The molecule has 1 aromatic rings. The first-order valence-electron chi connectivity index (χ1n) is 7.72. The molecule has 132 valence electrons. The number of nitrogens with zero attached hydrogens (tertiary/aromatic N) is 1. The van der Waals surface area contributed by atoms with Gasteiger partial charge in [-0.3, -0.25) is 10.3 Å². The SMILES string of the molecule is C=Cc1cc(F)ccc1NC(CC(=CN)C(Br)=NCC)NC(C)N. The summed E-state index contributed by atoms with van der Waals surface area (Å²) in [6.45, 7) is 8.16. The van der Waals surface area contributed by atoms with E-state index in [-0.39, 0.29) is 18.1 Å². The average molecular weight is 398 g/mol. The molecule has 7 heteroatoms. The van der Waals surface area contributed by atoms with Crippen LogP contribution in [-0.4, -0.2) is 23.5 Å². The fraction of sp³-hybridized carbons (Fsp3) is 0.353. The number of rotatable bonds is 9. The van der Waals surface area contributed by atoms with Crippen LogP contribution in [0, 0.1) is 5.82 Å². The zero-order chi connectivity index (χ0) is 18.1. The van der Waals surface area contributed by atoms with Crippen molar-refractivity contribution in [2.75, 3.05) is 11.9 Å². The Balaban J connectivity index is 3.01. The number of nitrogens with two attached hydrogens (primary N) is 2. The van der Waals surface area contributed by atoms with Gasteiger partial charge in [-0.1, -0.05) is 12.7 Å². The lowest BCUT2D eigenvalue weighted by molar-refractivity contribution is 0.485. The Morgan fingerprint density at radius 1 is 1.50 bits per heavy atom. The third kappa shape index (κ3) is 6.43. The molecule has 0 saturated carbocycles. The molecule has 24 heavy (non-hydrogen) atoms. The summed E-state index contributed by atoms with van der Waals surface area (Å²) < 4.78 is 14.1. The van der Waals surface area contributed by atoms with Crippen molar-refractivity contribution in [3.63, 3.8) is 0 Å². The van der Waals surface area contributed by atoms with E-state index in [1.54, 1.807) is 12.1 Å². The monoisotopic (exact) mass is 397 g/mol. The van der Waals surface area contributed by atoms with Gasteiger partial charge in [-0.15, -0.1) is 0 Å². The van der Waals surface area contributed by atoms with Crippen LogP contribution in [0.1, 0.15) is 25.8 Å². The van der Waals surface area contributed by atoms with Crippen molar-refractivity contribution >= 4 is 32.3 Å². The largest absolute Gasteiger partial charge is 0.404 e. The second-order valence-corrected chi connectivity index (χ2v) is 6.00. The number of halogens is 2.